The van der Waals surface area contributed by atoms with Crippen molar-refractivity contribution in [2.45, 2.75) is 19.6 Å². The van der Waals surface area contributed by atoms with Gasteiger partial charge in [-0.15, -0.1) is 0 Å². The van der Waals surface area contributed by atoms with Gasteiger partial charge in [-0.3, -0.25) is 23.9 Å². The van der Waals surface area contributed by atoms with Gasteiger partial charge in [0.05, 0.1) is 25.3 Å². The minimum atomic E-state index is -1.01. The lowest BCUT2D eigenvalue weighted by atomic mass is 10.1. The Bertz CT molecular complexity index is 1370. The van der Waals surface area contributed by atoms with Crippen molar-refractivity contribution in [1.82, 2.24) is 9.55 Å². The molecule has 1 aliphatic heterocycles. The molecule has 2 heterocycles. The lowest BCUT2D eigenvalue weighted by Gasteiger charge is -2.35. The van der Waals surface area contributed by atoms with Crippen molar-refractivity contribution in [2.24, 2.45) is 5.73 Å². The summed E-state index contributed by atoms with van der Waals surface area (Å²) in [6, 6.07) is 16.0. The molecule has 1 aliphatic rings. The van der Waals surface area contributed by atoms with E-state index in [1.807, 2.05) is 30.3 Å². The minimum Gasteiger partial charge on any atom is -0.477 e. The van der Waals surface area contributed by atoms with Gasteiger partial charge < -0.3 is 26.0 Å². The number of fused-ring (bicyclic) bond motifs is 1. The number of likely N-dealkylation sites (N-methyl/N-ethyl adjacent to an activating group) is 1. The molecule has 0 unspecified atom stereocenters. The third-order valence-corrected chi connectivity index (χ3v) is 5.81. The lowest BCUT2D eigenvalue weighted by Crippen LogP contribution is -2.52. The number of aromatic amines is 1. The van der Waals surface area contributed by atoms with Gasteiger partial charge in [0.2, 0.25) is 5.91 Å². The van der Waals surface area contributed by atoms with Gasteiger partial charge in [0, 0.05) is 6.54 Å². The third-order valence-electron chi connectivity index (χ3n) is 5.81. The van der Waals surface area contributed by atoms with E-state index in [1.54, 1.807) is 31.2 Å². The van der Waals surface area contributed by atoms with Crippen molar-refractivity contribution in [1.29, 1.82) is 0 Å². The second-order valence-corrected chi connectivity index (χ2v) is 8.06. The highest BCUT2D eigenvalue weighted by molar-refractivity contribution is 5.99. The number of amides is 2. The first-order valence-corrected chi connectivity index (χ1v) is 11.1. The van der Waals surface area contributed by atoms with Gasteiger partial charge in [0.15, 0.2) is 6.10 Å². The molecule has 11 nitrogen and oxygen atoms in total. The van der Waals surface area contributed by atoms with Crippen LogP contribution in [0.25, 0.3) is 0 Å². The van der Waals surface area contributed by atoms with Crippen LogP contribution in [0.2, 0.25) is 0 Å². The number of nitrogens with one attached hydrogen (secondary N) is 1. The number of rotatable bonds is 7. The molecule has 3 aromatic rings. The molecule has 0 spiro atoms. The van der Waals surface area contributed by atoms with Crippen molar-refractivity contribution < 1.29 is 14.3 Å². The van der Waals surface area contributed by atoms with Crippen molar-refractivity contribution >= 4 is 29.0 Å². The largest absolute Gasteiger partial charge is 0.477 e. The average Bonchev–Trinajstić information content (AvgIpc) is 2.85. The normalized spacial score (nSPS) is 14.7. The van der Waals surface area contributed by atoms with Crippen molar-refractivity contribution in [3.63, 3.8) is 0 Å². The number of para-hydroxylation sites is 2. The number of ether oxygens (including phenoxy) is 1. The molecule has 0 fully saturated rings. The van der Waals surface area contributed by atoms with E-state index in [1.165, 1.54) is 14.4 Å². The van der Waals surface area contributed by atoms with Gasteiger partial charge in [0.25, 0.3) is 11.5 Å². The van der Waals surface area contributed by atoms with Crippen LogP contribution in [-0.4, -0.2) is 47.1 Å². The molecule has 0 saturated heterocycles. The van der Waals surface area contributed by atoms with Crippen molar-refractivity contribution in [2.75, 3.05) is 35.2 Å². The van der Waals surface area contributed by atoms with E-state index < -0.39 is 29.2 Å². The molecule has 35 heavy (non-hydrogen) atoms. The average molecular weight is 479 g/mol. The van der Waals surface area contributed by atoms with E-state index in [-0.39, 0.29) is 37.7 Å². The van der Waals surface area contributed by atoms with E-state index in [0.29, 0.717) is 11.4 Å². The van der Waals surface area contributed by atoms with Gasteiger partial charge in [-0.25, -0.2) is 4.79 Å². The maximum Gasteiger partial charge on any atom is 0.330 e. The summed E-state index contributed by atoms with van der Waals surface area (Å²) in [4.78, 5) is 55.7. The number of anilines is 3. The molecule has 5 N–H and O–H groups in total. The summed E-state index contributed by atoms with van der Waals surface area (Å²) >= 11 is 0. The molecule has 0 bridgehead atoms. The summed E-state index contributed by atoms with van der Waals surface area (Å²) in [7, 11) is 0. The molecule has 1 aromatic heterocycles. The molecule has 0 aliphatic carbocycles. The number of nitrogens with zero attached hydrogens (tertiary/aromatic N) is 3. The Hall–Kier alpha value is -4.54. The van der Waals surface area contributed by atoms with Crippen LogP contribution in [0.3, 0.4) is 0 Å². The Kier molecular flexibility index (Phi) is 6.58. The fraction of sp³-hybridized carbons (Fsp3) is 0.250. The topological polar surface area (TPSA) is 157 Å². The highest BCUT2D eigenvalue weighted by Crippen LogP contribution is 2.33. The van der Waals surface area contributed by atoms with Crippen LogP contribution in [0, 0.1) is 0 Å². The van der Waals surface area contributed by atoms with E-state index >= 15 is 0 Å². The summed E-state index contributed by atoms with van der Waals surface area (Å²) in [6.45, 7) is 1.87. The van der Waals surface area contributed by atoms with Crippen LogP contribution in [0.4, 0.5) is 17.2 Å². The number of nitrogens with two attached hydrogens (primary N) is 2. The zero-order valence-electron chi connectivity index (χ0n) is 19.1. The first-order valence-electron chi connectivity index (χ1n) is 11.1. The van der Waals surface area contributed by atoms with Crippen LogP contribution in [-0.2, 0) is 16.1 Å². The van der Waals surface area contributed by atoms with Crippen molar-refractivity contribution in [3.05, 3.63) is 81.0 Å². The number of carbonyl (C=O) groups excluding carboxylic acids is 2. The number of hydrogen-bond acceptors (Lipinski definition) is 7. The molecule has 0 radical (unpaired) electrons. The molecule has 11 heteroatoms. The monoisotopic (exact) mass is 478 g/mol. The molecule has 2 aromatic carbocycles. The minimum absolute atomic E-state index is 0.0179. The first-order chi connectivity index (χ1) is 16.8. The first kappa shape index (κ1) is 23.6. The van der Waals surface area contributed by atoms with E-state index in [4.69, 9.17) is 16.2 Å². The third kappa shape index (κ3) is 4.74. The summed E-state index contributed by atoms with van der Waals surface area (Å²) in [5.41, 5.74) is 11.7. The number of hydrogen-bond donors (Lipinski definition) is 3. The predicted octanol–water partition coefficient (Wildman–Crippen LogP) is 0.273. The molecule has 1 atom stereocenters. The smallest absolute Gasteiger partial charge is 0.330 e. The van der Waals surface area contributed by atoms with Gasteiger partial charge >= 0.3 is 5.69 Å². The lowest BCUT2D eigenvalue weighted by molar-refractivity contribution is -0.125. The molecule has 2 amide bonds. The Labute approximate surface area is 200 Å². The number of aromatic nitrogens is 2. The Morgan fingerprint density at radius 2 is 1.80 bits per heavy atom. The quantitative estimate of drug-likeness (QED) is 0.440. The standard InChI is InChI=1S/C24H26N6O5/c1-2-28(14-19(31)29-13-18(22(26)32)35-17-11-7-6-10-16(17)29)20-21(25)30(24(34)27-23(20)33)12-15-8-4-3-5-9-15/h3-11,18H,2,12-14,25H2,1H3,(H2,26,32)(H,27,33,34)/t18-/m1/s1. The van der Waals surface area contributed by atoms with E-state index in [9.17, 15) is 19.2 Å². The zero-order valence-corrected chi connectivity index (χ0v) is 19.1. The Morgan fingerprint density at radius 1 is 1.11 bits per heavy atom. The molecule has 182 valence electrons. The molecular formula is C24H26N6O5. The molecular weight excluding hydrogens is 452 g/mol. The predicted molar refractivity (Wildman–Crippen MR) is 132 cm³/mol. The van der Waals surface area contributed by atoms with Crippen LogP contribution in [0.1, 0.15) is 12.5 Å². The van der Waals surface area contributed by atoms with Crippen molar-refractivity contribution in [3.8, 4) is 5.75 Å². The number of nitrogen functional groups attached to an aromatic ring is 1. The van der Waals surface area contributed by atoms with E-state index in [2.05, 4.69) is 4.98 Å². The fourth-order valence-electron chi connectivity index (χ4n) is 4.02. The second-order valence-electron chi connectivity index (χ2n) is 8.06. The number of benzene rings is 2. The fourth-order valence-corrected chi connectivity index (χ4v) is 4.02. The highest BCUT2D eigenvalue weighted by Gasteiger charge is 2.33. The maximum absolute atomic E-state index is 13.4. The van der Waals surface area contributed by atoms with Crippen LogP contribution in [0.15, 0.2) is 64.2 Å². The Morgan fingerprint density at radius 3 is 2.49 bits per heavy atom. The Balaban J connectivity index is 1.66. The number of primary amides is 1. The zero-order chi connectivity index (χ0) is 25.1. The summed E-state index contributed by atoms with van der Waals surface area (Å²) in [6.07, 6.45) is -1.01. The molecule has 0 saturated carbocycles. The summed E-state index contributed by atoms with van der Waals surface area (Å²) in [5.74, 6) is -0.783. The van der Waals surface area contributed by atoms with E-state index in [0.717, 1.165) is 5.56 Å². The van der Waals surface area contributed by atoms with Gasteiger partial charge in [0.1, 0.15) is 17.3 Å². The van der Waals surface area contributed by atoms with Crippen LogP contribution < -0.4 is 37.3 Å². The molecule has 4 rings (SSSR count). The van der Waals surface area contributed by atoms with Crippen LogP contribution in [0.5, 0.6) is 5.75 Å². The maximum atomic E-state index is 13.4. The number of carbonyl (C=O) groups is 2. The van der Waals surface area contributed by atoms with Gasteiger partial charge in [-0.05, 0) is 24.6 Å². The second kappa shape index (κ2) is 9.75. The highest BCUT2D eigenvalue weighted by atomic mass is 16.5. The van der Waals surface area contributed by atoms with Gasteiger partial charge in [-0.1, -0.05) is 42.5 Å². The summed E-state index contributed by atoms with van der Waals surface area (Å²) in [5, 5.41) is 0. The van der Waals surface area contributed by atoms with Crippen LogP contribution >= 0.6 is 0 Å². The SMILES string of the molecule is CCN(CC(=O)N1C[C@H](C(N)=O)Oc2ccccc21)c1c(N)n(Cc2ccccc2)c(=O)[nH]c1=O. The van der Waals surface area contributed by atoms with Gasteiger partial charge in [-0.2, -0.15) is 0 Å². The number of H-pyrrole nitrogens is 1. The summed E-state index contributed by atoms with van der Waals surface area (Å²) < 4.78 is 6.87.